The number of aromatic nitrogens is 3. The number of carbonyl (C=O) groups excluding carboxylic acids is 1. The second-order valence-electron chi connectivity index (χ2n) is 9.95. The molecule has 0 atom stereocenters. The van der Waals surface area contributed by atoms with Gasteiger partial charge in [0.25, 0.3) is 16.0 Å². The number of anilines is 3. The molecule has 41 heavy (non-hydrogen) atoms. The number of fused-ring (bicyclic) bond motifs is 1. The number of nitrogens with zero attached hydrogens (tertiary/aromatic N) is 4. The molecule has 12 nitrogen and oxygen atoms in total. The first-order valence-electron chi connectivity index (χ1n) is 13.2. The standard InChI is InChI=1S/C27H32IN7O5S/c1-4-39-24-12-18(11-22(26(24)28)30-17(2)36)14-35-9-7-19(8-10-35)31-27-32-21-13-20(5-6-23(21)40-27)33-41(37,38)25-15-34(3)16-29-25/h5-6,11-13,15-16,19,33H,4,7-10,14H2,1-3H3,(H,30,36)(H,31,32). The van der Waals surface area contributed by atoms with Crippen LogP contribution < -0.4 is 20.1 Å². The highest BCUT2D eigenvalue weighted by Gasteiger charge is 2.22. The highest BCUT2D eigenvalue weighted by atomic mass is 127. The highest BCUT2D eigenvalue weighted by molar-refractivity contribution is 14.1. The van der Waals surface area contributed by atoms with Crippen LogP contribution >= 0.6 is 22.6 Å². The first-order valence-corrected chi connectivity index (χ1v) is 15.8. The van der Waals surface area contributed by atoms with E-state index in [9.17, 15) is 13.2 Å². The van der Waals surface area contributed by atoms with Crippen molar-refractivity contribution in [3.8, 4) is 5.75 Å². The topological polar surface area (TPSA) is 144 Å². The van der Waals surface area contributed by atoms with Gasteiger partial charge in [-0.1, -0.05) is 0 Å². The second-order valence-corrected chi connectivity index (χ2v) is 12.7. The molecule has 14 heteroatoms. The summed E-state index contributed by atoms with van der Waals surface area (Å²) >= 11 is 2.20. The third-order valence-electron chi connectivity index (χ3n) is 6.63. The van der Waals surface area contributed by atoms with Gasteiger partial charge in [-0.3, -0.25) is 14.4 Å². The third-order valence-corrected chi connectivity index (χ3v) is 9.01. The zero-order valence-electron chi connectivity index (χ0n) is 23.0. The number of imidazole rings is 1. The maximum atomic E-state index is 12.6. The summed E-state index contributed by atoms with van der Waals surface area (Å²) in [7, 11) is -2.10. The number of halogens is 1. The monoisotopic (exact) mass is 693 g/mol. The lowest BCUT2D eigenvalue weighted by Gasteiger charge is -2.32. The number of sulfonamides is 1. The molecule has 2 aromatic carbocycles. The van der Waals surface area contributed by atoms with Gasteiger partial charge in [0.05, 0.1) is 27.9 Å². The molecule has 1 saturated heterocycles. The molecule has 1 aliphatic heterocycles. The molecule has 5 rings (SSSR count). The predicted molar refractivity (Wildman–Crippen MR) is 165 cm³/mol. The largest absolute Gasteiger partial charge is 0.493 e. The van der Waals surface area contributed by atoms with Gasteiger partial charge in [0, 0.05) is 45.8 Å². The van der Waals surface area contributed by atoms with Crippen LogP contribution in [-0.4, -0.2) is 59.5 Å². The second kappa shape index (κ2) is 12.2. The van der Waals surface area contributed by atoms with Gasteiger partial charge in [-0.15, -0.1) is 0 Å². The van der Waals surface area contributed by atoms with Crippen LogP contribution in [0.1, 0.15) is 32.3 Å². The molecule has 1 aliphatic rings. The lowest BCUT2D eigenvalue weighted by molar-refractivity contribution is -0.114. The van der Waals surface area contributed by atoms with E-state index in [1.54, 1.807) is 29.8 Å². The molecule has 0 unspecified atom stereocenters. The predicted octanol–water partition coefficient (Wildman–Crippen LogP) is 4.40. The average Bonchev–Trinajstić information content (AvgIpc) is 3.53. The van der Waals surface area contributed by atoms with Gasteiger partial charge in [0.15, 0.2) is 10.6 Å². The summed E-state index contributed by atoms with van der Waals surface area (Å²) in [5.41, 5.74) is 3.33. The summed E-state index contributed by atoms with van der Waals surface area (Å²) in [5, 5.41) is 6.24. The van der Waals surface area contributed by atoms with Crippen LogP contribution in [0, 0.1) is 3.57 Å². The first-order chi connectivity index (χ1) is 19.6. The van der Waals surface area contributed by atoms with Crippen molar-refractivity contribution in [1.29, 1.82) is 0 Å². The van der Waals surface area contributed by atoms with E-state index in [-0.39, 0.29) is 17.0 Å². The van der Waals surface area contributed by atoms with Crippen LogP contribution in [0.15, 0.2) is 52.3 Å². The van der Waals surface area contributed by atoms with E-state index in [1.165, 1.54) is 19.4 Å². The number of amides is 1. The molecule has 0 aliphatic carbocycles. The molecule has 1 fully saturated rings. The smallest absolute Gasteiger partial charge is 0.295 e. The molecule has 3 N–H and O–H groups in total. The maximum Gasteiger partial charge on any atom is 0.295 e. The van der Waals surface area contributed by atoms with E-state index < -0.39 is 10.0 Å². The molecule has 0 radical (unpaired) electrons. The fourth-order valence-electron chi connectivity index (χ4n) is 4.74. The Morgan fingerprint density at radius 1 is 1.22 bits per heavy atom. The Kier molecular flexibility index (Phi) is 8.70. The summed E-state index contributed by atoms with van der Waals surface area (Å²) in [6.45, 7) is 6.50. The molecule has 218 valence electrons. The van der Waals surface area contributed by atoms with E-state index in [0.29, 0.717) is 29.4 Å². The number of rotatable bonds is 10. The fraction of sp³-hybridized carbons (Fsp3) is 0.370. The SMILES string of the molecule is CCOc1cc(CN2CCC(Nc3nc4cc(NS(=O)(=O)c5cn(C)cn5)ccc4o3)CC2)cc(NC(C)=O)c1I. The number of likely N-dealkylation sites (tertiary alicyclic amines) is 1. The Bertz CT molecular complexity index is 1660. The maximum absolute atomic E-state index is 12.6. The zero-order valence-corrected chi connectivity index (χ0v) is 26.0. The van der Waals surface area contributed by atoms with Crippen molar-refractivity contribution in [2.75, 3.05) is 35.1 Å². The summed E-state index contributed by atoms with van der Waals surface area (Å²) in [6, 6.07) is 9.62. The minimum absolute atomic E-state index is 0.0566. The van der Waals surface area contributed by atoms with Crippen molar-refractivity contribution in [2.45, 2.75) is 44.3 Å². The summed E-state index contributed by atoms with van der Waals surface area (Å²) < 4.78 is 41.9. The summed E-state index contributed by atoms with van der Waals surface area (Å²) in [6.07, 6.45) is 4.67. The average molecular weight is 694 g/mol. The number of nitrogens with one attached hydrogen (secondary N) is 3. The number of hydrogen-bond acceptors (Lipinski definition) is 9. The molecular formula is C27H32IN7O5S. The third kappa shape index (κ3) is 7.11. The number of aryl methyl sites for hydroxylation is 1. The fourth-order valence-corrected chi connectivity index (χ4v) is 6.38. The molecular weight excluding hydrogens is 661 g/mol. The Labute approximate surface area is 252 Å². The van der Waals surface area contributed by atoms with Crippen LogP contribution in [-0.2, 0) is 28.4 Å². The number of ether oxygens (including phenoxy) is 1. The molecule has 0 bridgehead atoms. The van der Waals surface area contributed by atoms with E-state index in [4.69, 9.17) is 9.15 Å². The van der Waals surface area contributed by atoms with E-state index in [0.717, 1.165) is 53.0 Å². The van der Waals surface area contributed by atoms with Gasteiger partial charge in [0.2, 0.25) is 5.91 Å². The van der Waals surface area contributed by atoms with Gasteiger partial charge in [-0.05, 0) is 78.3 Å². The lowest BCUT2D eigenvalue weighted by atomic mass is 10.0. The Morgan fingerprint density at radius 3 is 2.68 bits per heavy atom. The minimum Gasteiger partial charge on any atom is -0.493 e. The van der Waals surface area contributed by atoms with Gasteiger partial charge in [0.1, 0.15) is 11.3 Å². The van der Waals surface area contributed by atoms with Crippen LogP contribution in [0.25, 0.3) is 11.1 Å². The minimum atomic E-state index is -3.81. The van der Waals surface area contributed by atoms with Gasteiger partial charge >= 0.3 is 0 Å². The van der Waals surface area contributed by atoms with Crippen molar-refractivity contribution in [3.63, 3.8) is 0 Å². The van der Waals surface area contributed by atoms with Crippen molar-refractivity contribution in [1.82, 2.24) is 19.4 Å². The molecule has 3 heterocycles. The van der Waals surface area contributed by atoms with Crippen molar-refractivity contribution >= 4 is 67.0 Å². The summed E-state index contributed by atoms with van der Waals surface area (Å²) in [4.78, 5) is 22.5. The molecule has 2 aromatic heterocycles. The van der Waals surface area contributed by atoms with E-state index >= 15 is 0 Å². The summed E-state index contributed by atoms with van der Waals surface area (Å²) in [5.74, 6) is 0.658. The number of piperidine rings is 1. The van der Waals surface area contributed by atoms with Crippen molar-refractivity contribution < 1.29 is 22.4 Å². The lowest BCUT2D eigenvalue weighted by Crippen LogP contribution is -2.38. The number of hydrogen-bond donors (Lipinski definition) is 3. The normalized spacial score (nSPS) is 14.7. The quantitative estimate of drug-likeness (QED) is 0.206. The Morgan fingerprint density at radius 2 is 2.00 bits per heavy atom. The van der Waals surface area contributed by atoms with Crippen LogP contribution in [0.4, 0.5) is 17.4 Å². The molecule has 4 aromatic rings. The first kappa shape index (κ1) is 29.1. The number of oxazole rings is 1. The Balaban J connectivity index is 1.19. The highest BCUT2D eigenvalue weighted by Crippen LogP contribution is 2.32. The van der Waals surface area contributed by atoms with Crippen molar-refractivity contribution in [3.05, 3.63) is 52.0 Å². The molecule has 1 amide bonds. The number of benzene rings is 2. The van der Waals surface area contributed by atoms with Crippen LogP contribution in [0.2, 0.25) is 0 Å². The zero-order chi connectivity index (χ0) is 29.1. The molecule has 0 spiro atoms. The molecule has 0 saturated carbocycles. The van der Waals surface area contributed by atoms with E-state index in [1.807, 2.05) is 19.1 Å². The van der Waals surface area contributed by atoms with Gasteiger partial charge in [-0.2, -0.15) is 13.4 Å². The Hall–Kier alpha value is -3.37. The van der Waals surface area contributed by atoms with Crippen LogP contribution in [0.3, 0.4) is 0 Å². The number of carbonyl (C=O) groups is 1. The van der Waals surface area contributed by atoms with E-state index in [2.05, 4.69) is 52.8 Å². The van der Waals surface area contributed by atoms with Gasteiger partial charge < -0.3 is 24.4 Å². The van der Waals surface area contributed by atoms with Crippen molar-refractivity contribution in [2.24, 2.45) is 7.05 Å². The van der Waals surface area contributed by atoms with Gasteiger partial charge in [-0.25, -0.2) is 4.98 Å². The van der Waals surface area contributed by atoms with Crippen LogP contribution in [0.5, 0.6) is 5.75 Å².